The first kappa shape index (κ1) is 28.3. The van der Waals surface area contributed by atoms with Gasteiger partial charge in [0, 0.05) is 34.7 Å². The van der Waals surface area contributed by atoms with Crippen molar-refractivity contribution in [2.45, 2.75) is 31.7 Å². The van der Waals surface area contributed by atoms with Gasteiger partial charge in [-0.1, -0.05) is 56.3 Å². The van der Waals surface area contributed by atoms with Gasteiger partial charge >= 0.3 is 0 Å². The van der Waals surface area contributed by atoms with Crippen LogP contribution in [-0.4, -0.2) is 41.5 Å². The van der Waals surface area contributed by atoms with E-state index in [-0.39, 0.29) is 28.7 Å². The Hall–Kier alpha value is -4.27. The fourth-order valence-corrected chi connectivity index (χ4v) is 6.07. The molecule has 0 spiro atoms. The molecular formula is C33H34N2O5S. The molecule has 8 heteroatoms. The third-order valence-electron chi connectivity index (χ3n) is 7.62. The molecule has 1 atom stereocenters. The summed E-state index contributed by atoms with van der Waals surface area (Å²) in [5.41, 5.74) is 5.73. The van der Waals surface area contributed by atoms with Crippen molar-refractivity contribution in [3.63, 3.8) is 0 Å². The maximum atomic E-state index is 11.4. The van der Waals surface area contributed by atoms with E-state index in [1.165, 1.54) is 5.56 Å². The molecule has 1 heterocycles. The summed E-state index contributed by atoms with van der Waals surface area (Å²) in [6.07, 6.45) is 4.58. The number of phenols is 2. The Kier molecular flexibility index (Phi) is 7.80. The van der Waals surface area contributed by atoms with E-state index in [1.54, 1.807) is 24.3 Å². The van der Waals surface area contributed by atoms with Crippen LogP contribution in [0.5, 0.6) is 11.5 Å². The van der Waals surface area contributed by atoms with Gasteiger partial charge in [-0.2, -0.15) is 8.42 Å². The molecule has 4 aromatic carbocycles. The van der Waals surface area contributed by atoms with Crippen molar-refractivity contribution in [1.82, 2.24) is 0 Å². The average Bonchev–Trinajstić information content (AvgIpc) is 3.15. The van der Waals surface area contributed by atoms with Gasteiger partial charge in [-0.3, -0.25) is 4.55 Å². The molecule has 1 unspecified atom stereocenters. The summed E-state index contributed by atoms with van der Waals surface area (Å²) in [7, 11) is -4.02. The van der Waals surface area contributed by atoms with E-state index in [4.69, 9.17) is 0 Å². The molecule has 3 N–H and O–H groups in total. The van der Waals surface area contributed by atoms with Gasteiger partial charge in [-0.15, -0.1) is 0 Å². The number of nitrogens with zero attached hydrogens (tertiary/aromatic N) is 2. The van der Waals surface area contributed by atoms with Crippen LogP contribution in [0.1, 0.15) is 31.4 Å². The number of rotatable bonds is 9. The minimum Gasteiger partial charge on any atom is -0.508 e. The smallest absolute Gasteiger partial charge is 0.264 e. The molecule has 0 aliphatic carbocycles. The fourth-order valence-electron chi connectivity index (χ4n) is 5.58. The van der Waals surface area contributed by atoms with Crippen molar-refractivity contribution in [3.05, 3.63) is 114 Å². The molecule has 0 radical (unpaired) electrons. The van der Waals surface area contributed by atoms with Crippen LogP contribution in [0.25, 0.3) is 6.08 Å². The van der Waals surface area contributed by atoms with Gasteiger partial charge < -0.3 is 20.0 Å². The summed E-state index contributed by atoms with van der Waals surface area (Å²) in [6, 6.07) is 30.2. The van der Waals surface area contributed by atoms with E-state index in [0.717, 1.165) is 28.3 Å². The van der Waals surface area contributed by atoms with E-state index in [2.05, 4.69) is 43.0 Å². The Morgan fingerprint density at radius 3 is 1.85 bits per heavy atom. The summed E-state index contributed by atoms with van der Waals surface area (Å²) in [4.78, 5) is 4.27. The number of hydrogen-bond acceptors (Lipinski definition) is 6. The van der Waals surface area contributed by atoms with Gasteiger partial charge in [0.15, 0.2) is 0 Å². The number of benzene rings is 4. The average molecular weight is 571 g/mol. The van der Waals surface area contributed by atoms with Crippen molar-refractivity contribution in [2.75, 3.05) is 22.1 Å². The van der Waals surface area contributed by atoms with Crippen LogP contribution >= 0.6 is 0 Å². The number of phenolic OH excluding ortho intramolecular Hbond substituents is 2. The van der Waals surface area contributed by atoms with Crippen molar-refractivity contribution in [1.29, 1.82) is 0 Å². The Morgan fingerprint density at radius 2 is 1.32 bits per heavy atom. The molecule has 0 fully saturated rings. The Bertz CT molecular complexity index is 1590. The monoisotopic (exact) mass is 570 g/mol. The topological polar surface area (TPSA) is 101 Å². The van der Waals surface area contributed by atoms with Crippen molar-refractivity contribution < 1.29 is 23.2 Å². The third kappa shape index (κ3) is 6.24. The van der Waals surface area contributed by atoms with E-state index < -0.39 is 10.1 Å². The zero-order chi connectivity index (χ0) is 29.2. The highest BCUT2D eigenvalue weighted by molar-refractivity contribution is 7.85. The molecule has 0 bridgehead atoms. The number of hydrogen-bond donors (Lipinski definition) is 3. The first-order valence-electron chi connectivity index (χ1n) is 13.5. The van der Waals surface area contributed by atoms with Crippen LogP contribution in [-0.2, 0) is 15.5 Å². The quantitative estimate of drug-likeness (QED) is 0.186. The lowest BCUT2D eigenvalue weighted by molar-refractivity contribution is 0.468. The maximum absolute atomic E-state index is 11.4. The normalized spacial score (nSPS) is 16.2. The first-order chi connectivity index (χ1) is 19.5. The van der Waals surface area contributed by atoms with E-state index in [1.807, 2.05) is 65.6 Å². The molecule has 1 aliphatic rings. The van der Waals surface area contributed by atoms with Gasteiger partial charge in [0.1, 0.15) is 11.5 Å². The van der Waals surface area contributed by atoms with Gasteiger partial charge in [-0.25, -0.2) is 0 Å². The fraction of sp³-hybridized carbons (Fsp3) is 0.212. The standard InChI is InChI=1S/C33H34N2O5S/c1-33(2)30-6-3-4-7-31(30)34(22-5-23-41(38,39)40)32(33)21-10-24-8-11-25(12-9-24)35(26-13-17-28(36)18-14-26)27-15-19-29(37)20-16-27/h3-4,6-21,32,36-37H,5,22-23H2,1-2H3,(H,38,39,40). The second-order valence-electron chi connectivity index (χ2n) is 10.8. The SMILES string of the molecule is CC1(C)c2ccccc2N(CCCS(=O)(=O)O)C1C=Cc1ccc(N(c2ccc(O)cc2)c2ccc(O)cc2)cc1. The lowest BCUT2D eigenvalue weighted by Crippen LogP contribution is -2.40. The largest absolute Gasteiger partial charge is 0.508 e. The van der Waals surface area contributed by atoms with Gasteiger partial charge in [0.05, 0.1) is 11.8 Å². The van der Waals surface area contributed by atoms with E-state index in [0.29, 0.717) is 13.0 Å². The second-order valence-corrected chi connectivity index (χ2v) is 12.4. The van der Waals surface area contributed by atoms with Crippen molar-refractivity contribution >= 4 is 38.9 Å². The summed E-state index contributed by atoms with van der Waals surface area (Å²) in [5.74, 6) is 0.0931. The predicted octanol–water partition coefficient (Wildman–Crippen LogP) is 7.03. The molecule has 7 nitrogen and oxygen atoms in total. The Balaban J connectivity index is 1.42. The molecule has 4 aromatic rings. The van der Waals surface area contributed by atoms with E-state index in [9.17, 15) is 23.2 Å². The van der Waals surface area contributed by atoms with E-state index >= 15 is 0 Å². The lowest BCUT2D eigenvalue weighted by Gasteiger charge is -2.32. The predicted molar refractivity (Wildman–Crippen MR) is 165 cm³/mol. The summed E-state index contributed by atoms with van der Waals surface area (Å²) >= 11 is 0. The van der Waals surface area contributed by atoms with Crippen LogP contribution in [0.3, 0.4) is 0 Å². The first-order valence-corrected chi connectivity index (χ1v) is 15.1. The summed E-state index contributed by atoms with van der Waals surface area (Å²) in [5, 5.41) is 19.6. The van der Waals surface area contributed by atoms with Gasteiger partial charge in [0.25, 0.3) is 10.1 Å². The highest BCUT2D eigenvalue weighted by Crippen LogP contribution is 2.46. The van der Waals surface area contributed by atoms with Crippen molar-refractivity contribution in [3.8, 4) is 11.5 Å². The molecule has 0 aromatic heterocycles. The maximum Gasteiger partial charge on any atom is 0.264 e. The molecule has 212 valence electrons. The Morgan fingerprint density at radius 1 is 0.805 bits per heavy atom. The number of para-hydroxylation sites is 1. The summed E-state index contributed by atoms with van der Waals surface area (Å²) < 4.78 is 32.0. The zero-order valence-corrected chi connectivity index (χ0v) is 23.9. The number of anilines is 4. The molecule has 41 heavy (non-hydrogen) atoms. The molecule has 0 saturated heterocycles. The van der Waals surface area contributed by atoms with Crippen molar-refractivity contribution in [2.24, 2.45) is 0 Å². The molecule has 0 amide bonds. The number of aromatic hydroxyl groups is 2. The molecular weight excluding hydrogens is 536 g/mol. The Labute approximate surface area is 241 Å². The van der Waals surface area contributed by atoms with Crippen LogP contribution in [0.15, 0.2) is 103 Å². The van der Waals surface area contributed by atoms with Gasteiger partial charge in [-0.05, 0) is 84.3 Å². The third-order valence-corrected chi connectivity index (χ3v) is 8.43. The number of fused-ring (bicyclic) bond motifs is 1. The highest BCUT2D eigenvalue weighted by atomic mass is 32.2. The molecule has 0 saturated carbocycles. The zero-order valence-electron chi connectivity index (χ0n) is 23.1. The van der Waals surface area contributed by atoms with Crippen LogP contribution in [0.2, 0.25) is 0 Å². The molecule has 5 rings (SSSR count). The van der Waals surface area contributed by atoms with Crippen LogP contribution in [0, 0.1) is 0 Å². The second kappa shape index (κ2) is 11.3. The van der Waals surface area contributed by atoms with Crippen LogP contribution < -0.4 is 9.80 Å². The highest BCUT2D eigenvalue weighted by Gasteiger charge is 2.42. The summed E-state index contributed by atoms with van der Waals surface area (Å²) in [6.45, 7) is 4.89. The molecule has 1 aliphatic heterocycles. The minimum atomic E-state index is -4.02. The van der Waals surface area contributed by atoms with Gasteiger partial charge in [0.2, 0.25) is 0 Å². The minimum absolute atomic E-state index is 0.00790. The lowest BCUT2D eigenvalue weighted by atomic mass is 9.80. The van der Waals surface area contributed by atoms with Crippen LogP contribution in [0.4, 0.5) is 22.7 Å².